The second-order valence-electron chi connectivity index (χ2n) is 7.10. The van der Waals surface area contributed by atoms with Gasteiger partial charge in [-0.3, -0.25) is 9.10 Å². The molecule has 6 nitrogen and oxygen atoms in total. The van der Waals surface area contributed by atoms with Crippen LogP contribution in [0.15, 0.2) is 18.2 Å². The van der Waals surface area contributed by atoms with E-state index in [0.29, 0.717) is 18.0 Å². The maximum Gasteiger partial charge on any atom is 0.253 e. The van der Waals surface area contributed by atoms with Crippen LogP contribution in [0.5, 0.6) is 0 Å². The molecule has 0 saturated carbocycles. The van der Waals surface area contributed by atoms with Gasteiger partial charge in [0.05, 0.1) is 11.9 Å². The number of anilines is 1. The Balaban J connectivity index is 1.81. The molecule has 0 bridgehead atoms. The average Bonchev–Trinajstić information content (AvgIpc) is 2.60. The highest BCUT2D eigenvalue weighted by Crippen LogP contribution is 2.30. The standard InChI is InChI=1S/C18H27N3O3S/c1-19-12-14-5-3-9-20(13-14)18(22)16-7-8-17-15(11-16)6-4-10-21(17)25(2,23)24/h7-8,11,14,19H,3-6,9-10,12-13H2,1-2H3. The number of hydrogen-bond acceptors (Lipinski definition) is 4. The van der Waals surface area contributed by atoms with Gasteiger partial charge in [0.25, 0.3) is 5.91 Å². The fourth-order valence-corrected chi connectivity index (χ4v) is 4.92. The first-order valence-electron chi connectivity index (χ1n) is 8.94. The lowest BCUT2D eigenvalue weighted by atomic mass is 9.96. The predicted octanol–water partition coefficient (Wildman–Crippen LogP) is 1.47. The van der Waals surface area contributed by atoms with Crippen molar-refractivity contribution in [2.24, 2.45) is 5.92 Å². The molecule has 1 aromatic carbocycles. The smallest absolute Gasteiger partial charge is 0.253 e. The Morgan fingerprint density at radius 1 is 1.28 bits per heavy atom. The van der Waals surface area contributed by atoms with Crippen molar-refractivity contribution in [2.45, 2.75) is 25.7 Å². The van der Waals surface area contributed by atoms with Gasteiger partial charge in [-0.25, -0.2) is 8.42 Å². The number of nitrogens with zero attached hydrogens (tertiary/aromatic N) is 2. The molecule has 1 fully saturated rings. The van der Waals surface area contributed by atoms with Crippen LogP contribution in [-0.2, 0) is 16.4 Å². The van der Waals surface area contributed by atoms with E-state index in [2.05, 4.69) is 5.32 Å². The number of nitrogens with one attached hydrogen (secondary N) is 1. The fraction of sp³-hybridized carbons (Fsp3) is 0.611. The third kappa shape index (κ3) is 3.98. The van der Waals surface area contributed by atoms with Crippen LogP contribution in [0, 0.1) is 5.92 Å². The lowest BCUT2D eigenvalue weighted by Crippen LogP contribution is -2.42. The molecule has 1 saturated heterocycles. The van der Waals surface area contributed by atoms with E-state index in [9.17, 15) is 13.2 Å². The lowest BCUT2D eigenvalue weighted by molar-refractivity contribution is 0.0674. The average molecular weight is 365 g/mol. The van der Waals surface area contributed by atoms with Gasteiger partial charge in [0.15, 0.2) is 0 Å². The van der Waals surface area contributed by atoms with E-state index in [-0.39, 0.29) is 5.91 Å². The zero-order valence-electron chi connectivity index (χ0n) is 15.0. The fourth-order valence-electron chi connectivity index (χ4n) is 3.93. The predicted molar refractivity (Wildman–Crippen MR) is 99.5 cm³/mol. The Kier molecular flexibility index (Phi) is 5.34. The van der Waals surface area contributed by atoms with Crippen molar-refractivity contribution < 1.29 is 13.2 Å². The van der Waals surface area contributed by atoms with Crippen molar-refractivity contribution in [3.63, 3.8) is 0 Å². The Labute approximate surface area is 150 Å². The van der Waals surface area contributed by atoms with Crippen LogP contribution in [0.25, 0.3) is 0 Å². The maximum absolute atomic E-state index is 12.9. The third-order valence-electron chi connectivity index (χ3n) is 5.10. The SMILES string of the molecule is CNCC1CCCN(C(=O)c2ccc3c(c2)CCCN3S(C)(=O)=O)C1. The number of amides is 1. The van der Waals surface area contributed by atoms with Gasteiger partial charge in [-0.2, -0.15) is 0 Å². The van der Waals surface area contributed by atoms with E-state index in [1.54, 1.807) is 12.1 Å². The second kappa shape index (κ2) is 7.33. The summed E-state index contributed by atoms with van der Waals surface area (Å²) in [7, 11) is -1.33. The Hall–Kier alpha value is -1.60. The molecule has 1 aromatic rings. The number of piperidine rings is 1. The summed E-state index contributed by atoms with van der Waals surface area (Å²) in [6, 6.07) is 5.45. The Morgan fingerprint density at radius 3 is 2.80 bits per heavy atom. The zero-order valence-corrected chi connectivity index (χ0v) is 15.8. The molecule has 1 atom stereocenters. The summed E-state index contributed by atoms with van der Waals surface area (Å²) in [5, 5.41) is 3.20. The van der Waals surface area contributed by atoms with Gasteiger partial charge in [0.2, 0.25) is 10.0 Å². The van der Waals surface area contributed by atoms with Crippen LogP contribution in [0.1, 0.15) is 35.2 Å². The van der Waals surface area contributed by atoms with Gasteiger partial charge in [-0.1, -0.05) is 0 Å². The number of fused-ring (bicyclic) bond motifs is 1. The molecular weight excluding hydrogens is 338 g/mol. The number of carbonyl (C=O) groups excluding carboxylic acids is 1. The van der Waals surface area contributed by atoms with E-state index < -0.39 is 10.0 Å². The van der Waals surface area contributed by atoms with Gasteiger partial charge in [0, 0.05) is 25.2 Å². The van der Waals surface area contributed by atoms with Crippen molar-refractivity contribution in [3.05, 3.63) is 29.3 Å². The van der Waals surface area contributed by atoms with Gasteiger partial charge in [-0.15, -0.1) is 0 Å². The Morgan fingerprint density at radius 2 is 2.08 bits per heavy atom. The maximum atomic E-state index is 12.9. The quantitative estimate of drug-likeness (QED) is 0.877. The lowest BCUT2D eigenvalue weighted by Gasteiger charge is -2.33. The number of benzene rings is 1. The second-order valence-corrected chi connectivity index (χ2v) is 9.01. The normalized spacial score (nSPS) is 21.1. The third-order valence-corrected chi connectivity index (χ3v) is 6.28. The minimum atomic E-state index is -3.28. The van der Waals surface area contributed by atoms with Gasteiger partial charge in [-0.05, 0) is 69.0 Å². The van der Waals surface area contributed by atoms with E-state index in [4.69, 9.17) is 0 Å². The van der Waals surface area contributed by atoms with Gasteiger partial charge >= 0.3 is 0 Å². The van der Waals surface area contributed by atoms with E-state index in [1.165, 1.54) is 10.6 Å². The first-order chi connectivity index (χ1) is 11.9. The molecule has 2 heterocycles. The van der Waals surface area contributed by atoms with Gasteiger partial charge in [0.1, 0.15) is 0 Å². The number of sulfonamides is 1. The topological polar surface area (TPSA) is 69.7 Å². The van der Waals surface area contributed by atoms with E-state index >= 15 is 0 Å². The molecule has 2 aliphatic heterocycles. The summed E-state index contributed by atoms with van der Waals surface area (Å²) < 4.78 is 25.4. The minimum Gasteiger partial charge on any atom is -0.338 e. The minimum absolute atomic E-state index is 0.0556. The van der Waals surface area contributed by atoms with Crippen molar-refractivity contribution >= 4 is 21.6 Å². The summed E-state index contributed by atoms with van der Waals surface area (Å²) in [5.74, 6) is 0.557. The van der Waals surface area contributed by atoms with Crippen LogP contribution in [0.3, 0.4) is 0 Å². The molecule has 3 rings (SSSR count). The molecule has 7 heteroatoms. The summed E-state index contributed by atoms with van der Waals surface area (Å²) >= 11 is 0. The number of rotatable bonds is 4. The molecule has 0 radical (unpaired) electrons. The number of aryl methyl sites for hydroxylation is 1. The summed E-state index contributed by atoms with van der Waals surface area (Å²) in [5.41, 5.74) is 2.34. The molecule has 138 valence electrons. The molecular formula is C18H27N3O3S. The van der Waals surface area contributed by atoms with Crippen molar-refractivity contribution in [1.82, 2.24) is 10.2 Å². The van der Waals surface area contributed by atoms with Crippen LogP contribution in [0.4, 0.5) is 5.69 Å². The van der Waals surface area contributed by atoms with Crippen molar-refractivity contribution in [1.29, 1.82) is 0 Å². The van der Waals surface area contributed by atoms with Crippen LogP contribution in [-0.4, -0.2) is 58.7 Å². The van der Waals surface area contributed by atoms with Crippen LogP contribution >= 0.6 is 0 Å². The highest BCUT2D eigenvalue weighted by Gasteiger charge is 2.27. The molecule has 0 aliphatic carbocycles. The summed E-state index contributed by atoms with van der Waals surface area (Å²) in [6.45, 7) is 3.02. The molecule has 1 amide bonds. The molecule has 1 unspecified atom stereocenters. The summed E-state index contributed by atoms with van der Waals surface area (Å²) in [4.78, 5) is 14.8. The monoisotopic (exact) mass is 365 g/mol. The first kappa shape index (κ1) is 18.2. The summed E-state index contributed by atoms with van der Waals surface area (Å²) in [6.07, 6.45) is 5.01. The van der Waals surface area contributed by atoms with Gasteiger partial charge < -0.3 is 10.2 Å². The molecule has 1 N–H and O–H groups in total. The molecule has 0 spiro atoms. The van der Waals surface area contributed by atoms with Crippen LogP contribution < -0.4 is 9.62 Å². The largest absolute Gasteiger partial charge is 0.338 e. The molecule has 25 heavy (non-hydrogen) atoms. The van der Waals surface area contributed by atoms with Crippen LogP contribution in [0.2, 0.25) is 0 Å². The zero-order chi connectivity index (χ0) is 18.0. The number of hydrogen-bond donors (Lipinski definition) is 1. The highest BCUT2D eigenvalue weighted by atomic mass is 32.2. The molecule has 2 aliphatic rings. The van der Waals surface area contributed by atoms with Crippen molar-refractivity contribution in [3.8, 4) is 0 Å². The van der Waals surface area contributed by atoms with E-state index in [1.807, 2.05) is 18.0 Å². The van der Waals surface area contributed by atoms with Crippen molar-refractivity contribution in [2.75, 3.05) is 43.8 Å². The number of carbonyl (C=O) groups is 1. The molecule has 0 aromatic heterocycles. The number of likely N-dealkylation sites (tertiary alicyclic amines) is 1. The first-order valence-corrected chi connectivity index (χ1v) is 10.8. The highest BCUT2D eigenvalue weighted by molar-refractivity contribution is 7.92. The Bertz CT molecular complexity index is 746. The van der Waals surface area contributed by atoms with E-state index in [0.717, 1.165) is 56.6 Å².